The molecule has 1 atom stereocenters. The van der Waals surface area contributed by atoms with Gasteiger partial charge in [-0.3, -0.25) is 9.59 Å². The van der Waals surface area contributed by atoms with E-state index >= 15 is 0 Å². The van der Waals surface area contributed by atoms with Gasteiger partial charge in [0.2, 0.25) is 5.76 Å². The zero-order valence-corrected chi connectivity index (χ0v) is 17.0. The van der Waals surface area contributed by atoms with Crippen molar-refractivity contribution in [1.82, 2.24) is 9.80 Å². The number of fused-ring (bicyclic) bond motifs is 2. The van der Waals surface area contributed by atoms with Gasteiger partial charge in [0.15, 0.2) is 5.43 Å². The van der Waals surface area contributed by atoms with Gasteiger partial charge in [-0.05, 0) is 68.9 Å². The smallest absolute Gasteiger partial charge is 0.290 e. The first kappa shape index (κ1) is 19.2. The zero-order chi connectivity index (χ0) is 20.9. The molecular weight excluding hydrogens is 368 g/mol. The quantitative estimate of drug-likeness (QED) is 0.738. The average Bonchev–Trinajstić information content (AvgIpc) is 2.94. The maximum Gasteiger partial charge on any atom is 0.290 e. The lowest BCUT2D eigenvalue weighted by Gasteiger charge is -2.26. The van der Waals surface area contributed by atoms with Crippen LogP contribution in [0, 0.1) is 13.8 Å². The predicted molar refractivity (Wildman–Crippen MR) is 111 cm³/mol. The molecule has 6 heteroatoms. The molecule has 29 heavy (non-hydrogen) atoms. The SMILES string of the molecule is Cc1cc2oc3c(c(=O)c2cc1C)[C@@H](c1cccc(O)c1)N(CCN(C)C)C3=O. The van der Waals surface area contributed by atoms with Gasteiger partial charge in [-0.1, -0.05) is 12.1 Å². The summed E-state index contributed by atoms with van der Waals surface area (Å²) in [6.07, 6.45) is 0. The number of phenols is 1. The van der Waals surface area contributed by atoms with Gasteiger partial charge < -0.3 is 19.3 Å². The summed E-state index contributed by atoms with van der Waals surface area (Å²) in [6.45, 7) is 4.97. The van der Waals surface area contributed by atoms with Crippen molar-refractivity contribution in [2.75, 3.05) is 27.2 Å². The molecule has 1 amide bonds. The molecule has 2 heterocycles. The summed E-state index contributed by atoms with van der Waals surface area (Å²) in [7, 11) is 3.86. The Morgan fingerprint density at radius 1 is 1.10 bits per heavy atom. The highest BCUT2D eigenvalue weighted by Gasteiger charge is 2.42. The summed E-state index contributed by atoms with van der Waals surface area (Å²) < 4.78 is 5.98. The van der Waals surface area contributed by atoms with Crippen molar-refractivity contribution in [2.45, 2.75) is 19.9 Å². The maximum atomic E-state index is 13.5. The number of carbonyl (C=O) groups excluding carboxylic acids is 1. The van der Waals surface area contributed by atoms with E-state index in [1.165, 1.54) is 0 Å². The summed E-state index contributed by atoms with van der Waals surface area (Å²) in [5.74, 6) is -0.113. The minimum absolute atomic E-state index is 0.0904. The lowest BCUT2D eigenvalue weighted by atomic mass is 9.97. The Hall–Kier alpha value is -3.12. The first-order valence-corrected chi connectivity index (χ1v) is 9.60. The molecule has 1 N–H and O–H groups in total. The Labute approximate surface area is 169 Å². The van der Waals surface area contributed by atoms with E-state index in [1.54, 1.807) is 23.1 Å². The molecule has 0 radical (unpaired) electrons. The van der Waals surface area contributed by atoms with Gasteiger partial charge in [-0.2, -0.15) is 0 Å². The third-order valence-corrected chi connectivity index (χ3v) is 5.56. The van der Waals surface area contributed by atoms with Crippen LogP contribution in [0.25, 0.3) is 11.0 Å². The number of benzene rings is 2. The van der Waals surface area contributed by atoms with Crippen molar-refractivity contribution in [2.24, 2.45) is 0 Å². The van der Waals surface area contributed by atoms with Gasteiger partial charge >= 0.3 is 0 Å². The second-order valence-electron chi connectivity index (χ2n) is 7.91. The maximum absolute atomic E-state index is 13.5. The van der Waals surface area contributed by atoms with Crippen LogP contribution in [0.3, 0.4) is 0 Å². The van der Waals surface area contributed by atoms with Crippen LogP contribution in [-0.2, 0) is 0 Å². The molecule has 0 saturated carbocycles. The van der Waals surface area contributed by atoms with Gasteiger partial charge in [0, 0.05) is 13.1 Å². The number of nitrogens with zero attached hydrogens (tertiary/aromatic N) is 2. The number of likely N-dealkylation sites (N-methyl/N-ethyl adjacent to an activating group) is 1. The minimum atomic E-state index is -0.591. The summed E-state index contributed by atoms with van der Waals surface area (Å²) in [5, 5.41) is 10.5. The number of carbonyl (C=O) groups is 1. The number of amides is 1. The number of rotatable bonds is 4. The fourth-order valence-electron chi connectivity index (χ4n) is 3.86. The standard InChI is InChI=1S/C23H24N2O4/c1-13-10-17-18(11-14(13)2)29-22-19(21(17)27)20(15-6-5-7-16(26)12-15)25(23(22)28)9-8-24(3)4/h5-7,10-12,20,26H,8-9H2,1-4H3/t20-/m1/s1. The van der Waals surface area contributed by atoms with E-state index in [2.05, 4.69) is 0 Å². The molecule has 4 rings (SSSR count). The molecule has 0 aliphatic carbocycles. The third-order valence-electron chi connectivity index (χ3n) is 5.56. The lowest BCUT2D eigenvalue weighted by Crippen LogP contribution is -2.35. The van der Waals surface area contributed by atoms with Crippen LogP contribution in [0.15, 0.2) is 45.6 Å². The van der Waals surface area contributed by atoms with Crippen LogP contribution in [0.4, 0.5) is 0 Å². The van der Waals surface area contributed by atoms with Gasteiger partial charge in [0.25, 0.3) is 5.91 Å². The highest BCUT2D eigenvalue weighted by atomic mass is 16.3. The van der Waals surface area contributed by atoms with Crippen molar-refractivity contribution >= 4 is 16.9 Å². The fraction of sp³-hybridized carbons (Fsp3) is 0.304. The Kier molecular flexibility index (Phi) is 4.67. The molecule has 3 aromatic rings. The highest BCUT2D eigenvalue weighted by Crippen LogP contribution is 2.39. The number of hydrogen-bond donors (Lipinski definition) is 1. The van der Waals surface area contributed by atoms with Gasteiger partial charge in [0.05, 0.1) is 17.0 Å². The molecule has 0 bridgehead atoms. The lowest BCUT2D eigenvalue weighted by molar-refractivity contribution is 0.0716. The van der Waals surface area contributed by atoms with Crippen molar-refractivity contribution in [1.29, 1.82) is 0 Å². The highest BCUT2D eigenvalue weighted by molar-refractivity contribution is 5.99. The summed E-state index contributed by atoms with van der Waals surface area (Å²) >= 11 is 0. The van der Waals surface area contributed by atoms with Crippen LogP contribution in [0.5, 0.6) is 5.75 Å². The van der Waals surface area contributed by atoms with E-state index in [0.29, 0.717) is 35.2 Å². The van der Waals surface area contributed by atoms with Crippen LogP contribution >= 0.6 is 0 Å². The number of aromatic hydroxyl groups is 1. The third kappa shape index (κ3) is 3.19. The number of phenolic OH excluding ortho intramolecular Hbond substituents is 1. The number of aryl methyl sites for hydroxylation is 2. The normalized spacial score (nSPS) is 16.1. The Balaban J connectivity index is 1.97. The molecule has 0 unspecified atom stereocenters. The van der Waals surface area contributed by atoms with E-state index in [0.717, 1.165) is 11.1 Å². The first-order chi connectivity index (χ1) is 13.8. The molecule has 2 aromatic carbocycles. The van der Waals surface area contributed by atoms with E-state index < -0.39 is 6.04 Å². The van der Waals surface area contributed by atoms with Gasteiger partial charge in [-0.25, -0.2) is 0 Å². The second kappa shape index (κ2) is 7.04. The molecule has 0 fully saturated rings. The van der Waals surface area contributed by atoms with Crippen molar-refractivity contribution in [3.63, 3.8) is 0 Å². The predicted octanol–water partition coefficient (Wildman–Crippen LogP) is 3.22. The van der Waals surface area contributed by atoms with Crippen LogP contribution < -0.4 is 5.43 Å². The van der Waals surface area contributed by atoms with Crippen LogP contribution in [0.2, 0.25) is 0 Å². The van der Waals surface area contributed by atoms with Gasteiger partial charge in [0.1, 0.15) is 11.3 Å². The Bertz CT molecular complexity index is 1180. The summed E-state index contributed by atoms with van der Waals surface area (Å²) in [4.78, 5) is 30.3. The zero-order valence-electron chi connectivity index (χ0n) is 17.0. The van der Waals surface area contributed by atoms with E-state index in [4.69, 9.17) is 4.42 Å². The molecule has 1 aromatic heterocycles. The van der Waals surface area contributed by atoms with E-state index in [9.17, 15) is 14.7 Å². The van der Waals surface area contributed by atoms with Gasteiger partial charge in [-0.15, -0.1) is 0 Å². The molecule has 0 saturated heterocycles. The average molecular weight is 392 g/mol. The topological polar surface area (TPSA) is 74.0 Å². The van der Waals surface area contributed by atoms with Crippen molar-refractivity contribution < 1.29 is 14.3 Å². The summed E-state index contributed by atoms with van der Waals surface area (Å²) in [6, 6.07) is 9.74. The Morgan fingerprint density at radius 3 is 2.52 bits per heavy atom. The van der Waals surface area contributed by atoms with E-state index in [-0.39, 0.29) is 22.8 Å². The van der Waals surface area contributed by atoms with Crippen LogP contribution in [-0.4, -0.2) is 48.0 Å². The monoisotopic (exact) mass is 392 g/mol. The Morgan fingerprint density at radius 2 is 1.83 bits per heavy atom. The summed E-state index contributed by atoms with van der Waals surface area (Å²) in [5.41, 5.74) is 3.25. The van der Waals surface area contributed by atoms with Crippen LogP contribution in [0.1, 0.15) is 38.9 Å². The fourth-order valence-corrected chi connectivity index (χ4v) is 3.86. The van der Waals surface area contributed by atoms with Crippen molar-refractivity contribution in [3.8, 4) is 5.75 Å². The van der Waals surface area contributed by atoms with E-state index in [1.807, 2.05) is 51.0 Å². The largest absolute Gasteiger partial charge is 0.508 e. The molecule has 6 nitrogen and oxygen atoms in total. The molecular formula is C23H24N2O4. The second-order valence-corrected chi connectivity index (χ2v) is 7.91. The molecule has 150 valence electrons. The molecule has 0 spiro atoms. The molecule has 1 aliphatic heterocycles. The minimum Gasteiger partial charge on any atom is -0.508 e. The molecule has 1 aliphatic rings. The number of hydrogen-bond acceptors (Lipinski definition) is 5. The van der Waals surface area contributed by atoms with Crippen molar-refractivity contribution in [3.05, 3.63) is 74.6 Å². The first-order valence-electron chi connectivity index (χ1n) is 9.60.